The molecular weight excluding hydrogens is 312 g/mol. The first-order chi connectivity index (χ1) is 12.1. The highest BCUT2D eigenvalue weighted by molar-refractivity contribution is 5.80. The monoisotopic (exact) mass is 346 g/mol. The van der Waals surface area contributed by atoms with Crippen molar-refractivity contribution in [2.24, 2.45) is 17.5 Å². The van der Waals surface area contributed by atoms with E-state index in [0.717, 1.165) is 37.2 Å². The summed E-state index contributed by atoms with van der Waals surface area (Å²) in [7, 11) is 2.01. The van der Waals surface area contributed by atoms with E-state index in [0.29, 0.717) is 12.0 Å². The molecule has 1 saturated carbocycles. The van der Waals surface area contributed by atoms with Gasteiger partial charge in [-0.25, -0.2) is 4.99 Å². The minimum atomic E-state index is 0.520. The van der Waals surface area contributed by atoms with Gasteiger partial charge >= 0.3 is 0 Å². The molecule has 2 fully saturated rings. The van der Waals surface area contributed by atoms with Gasteiger partial charge in [0.25, 0.3) is 0 Å². The zero-order valence-corrected chi connectivity index (χ0v) is 16.2. The molecule has 25 heavy (non-hydrogen) atoms. The Morgan fingerprint density at radius 3 is 2.48 bits per heavy atom. The van der Waals surface area contributed by atoms with E-state index in [9.17, 15) is 0 Å². The quantitative estimate of drug-likeness (QED) is 0.675. The molecular formula is C19H34N6. The van der Waals surface area contributed by atoms with Crippen molar-refractivity contribution in [2.45, 2.75) is 71.8 Å². The van der Waals surface area contributed by atoms with Crippen LogP contribution in [0, 0.1) is 12.3 Å². The Morgan fingerprint density at radius 1 is 1.12 bits per heavy atom. The van der Waals surface area contributed by atoms with E-state index in [1.807, 2.05) is 18.5 Å². The average molecular weight is 347 g/mol. The van der Waals surface area contributed by atoms with Crippen molar-refractivity contribution >= 4 is 5.96 Å². The maximum absolute atomic E-state index is 4.89. The molecule has 0 unspecified atom stereocenters. The van der Waals surface area contributed by atoms with E-state index >= 15 is 0 Å². The maximum Gasteiger partial charge on any atom is 0.194 e. The summed E-state index contributed by atoms with van der Waals surface area (Å²) in [6.45, 7) is 7.89. The molecule has 0 bridgehead atoms. The Balaban J connectivity index is 1.72. The third kappa shape index (κ3) is 4.33. The molecule has 1 aliphatic heterocycles. The molecule has 1 aliphatic carbocycles. The molecule has 1 aromatic rings. The maximum atomic E-state index is 4.89. The van der Waals surface area contributed by atoms with Gasteiger partial charge in [-0.1, -0.05) is 25.7 Å². The SMILES string of the molecule is CCNC(=NCc1nnc(C)n1C)N1CCCC2(CCCCCC2)C1. The number of rotatable bonds is 3. The second-order valence-electron chi connectivity index (χ2n) is 7.83. The van der Waals surface area contributed by atoms with E-state index in [-0.39, 0.29) is 0 Å². The normalized spacial score (nSPS) is 21.4. The second kappa shape index (κ2) is 8.19. The van der Waals surface area contributed by atoms with Crippen molar-refractivity contribution in [3.8, 4) is 0 Å². The Labute approximate surface area is 152 Å². The summed E-state index contributed by atoms with van der Waals surface area (Å²) in [4.78, 5) is 7.39. The van der Waals surface area contributed by atoms with Crippen LogP contribution in [0.25, 0.3) is 0 Å². The lowest BCUT2D eigenvalue weighted by atomic mass is 9.74. The number of hydrogen-bond acceptors (Lipinski definition) is 3. The number of aromatic nitrogens is 3. The number of aliphatic imine (C=N–C) groups is 1. The van der Waals surface area contributed by atoms with Crippen LogP contribution in [0.4, 0.5) is 0 Å². The van der Waals surface area contributed by atoms with Crippen LogP contribution < -0.4 is 5.32 Å². The van der Waals surface area contributed by atoms with Crippen LogP contribution in [0.1, 0.15) is 69.9 Å². The van der Waals surface area contributed by atoms with Gasteiger partial charge in [0.15, 0.2) is 11.8 Å². The summed E-state index contributed by atoms with van der Waals surface area (Å²) >= 11 is 0. The minimum absolute atomic E-state index is 0.520. The van der Waals surface area contributed by atoms with Gasteiger partial charge in [-0.3, -0.25) is 0 Å². The second-order valence-corrected chi connectivity index (χ2v) is 7.83. The number of piperidine rings is 1. The summed E-state index contributed by atoms with van der Waals surface area (Å²) in [5.74, 6) is 2.91. The smallest absolute Gasteiger partial charge is 0.194 e. The van der Waals surface area contributed by atoms with Gasteiger partial charge in [-0.2, -0.15) is 0 Å². The fourth-order valence-corrected chi connectivity index (χ4v) is 4.44. The van der Waals surface area contributed by atoms with E-state index in [2.05, 4.69) is 27.3 Å². The fraction of sp³-hybridized carbons (Fsp3) is 0.842. The molecule has 6 nitrogen and oxygen atoms in total. The van der Waals surface area contributed by atoms with Gasteiger partial charge in [-0.05, 0) is 44.9 Å². The van der Waals surface area contributed by atoms with Crippen molar-refractivity contribution in [1.82, 2.24) is 25.0 Å². The summed E-state index contributed by atoms with van der Waals surface area (Å²) < 4.78 is 2.02. The summed E-state index contributed by atoms with van der Waals surface area (Å²) in [6.07, 6.45) is 11.1. The number of aryl methyl sites for hydroxylation is 1. The number of hydrogen-bond donors (Lipinski definition) is 1. The van der Waals surface area contributed by atoms with Crippen molar-refractivity contribution in [3.05, 3.63) is 11.6 Å². The molecule has 140 valence electrons. The molecule has 1 saturated heterocycles. The molecule has 3 rings (SSSR count). The third-order valence-electron chi connectivity index (χ3n) is 6.01. The van der Waals surface area contributed by atoms with Gasteiger partial charge in [0.05, 0.1) is 0 Å². The van der Waals surface area contributed by atoms with Crippen molar-refractivity contribution < 1.29 is 0 Å². The van der Waals surface area contributed by atoms with Crippen LogP contribution in [-0.2, 0) is 13.6 Å². The van der Waals surface area contributed by atoms with Crippen LogP contribution >= 0.6 is 0 Å². The van der Waals surface area contributed by atoms with Crippen LogP contribution in [0.15, 0.2) is 4.99 Å². The molecule has 2 heterocycles. The lowest BCUT2D eigenvalue weighted by Crippen LogP contribution is -2.50. The van der Waals surface area contributed by atoms with Gasteiger partial charge < -0.3 is 14.8 Å². The van der Waals surface area contributed by atoms with E-state index in [1.165, 1.54) is 51.4 Å². The third-order valence-corrected chi connectivity index (χ3v) is 6.01. The number of likely N-dealkylation sites (tertiary alicyclic amines) is 1. The average Bonchev–Trinajstić information content (AvgIpc) is 2.81. The molecule has 0 radical (unpaired) electrons. The van der Waals surface area contributed by atoms with E-state index in [4.69, 9.17) is 4.99 Å². The van der Waals surface area contributed by atoms with Gasteiger partial charge in [0, 0.05) is 26.7 Å². The molecule has 1 N–H and O–H groups in total. The first-order valence-corrected chi connectivity index (χ1v) is 10.0. The van der Waals surface area contributed by atoms with Gasteiger partial charge in [0.2, 0.25) is 0 Å². The predicted octanol–water partition coefficient (Wildman–Crippen LogP) is 3.03. The van der Waals surface area contributed by atoms with Crippen molar-refractivity contribution in [2.75, 3.05) is 19.6 Å². The summed E-state index contributed by atoms with van der Waals surface area (Å²) in [5.41, 5.74) is 0.520. The molecule has 0 amide bonds. The Morgan fingerprint density at radius 2 is 1.84 bits per heavy atom. The Kier molecular flexibility index (Phi) is 5.97. The zero-order valence-electron chi connectivity index (χ0n) is 16.2. The molecule has 0 atom stereocenters. The van der Waals surface area contributed by atoms with Crippen LogP contribution in [-0.4, -0.2) is 45.3 Å². The Hall–Kier alpha value is -1.59. The molecule has 0 aromatic carbocycles. The zero-order chi connectivity index (χ0) is 17.7. The minimum Gasteiger partial charge on any atom is -0.357 e. The molecule has 1 aromatic heterocycles. The largest absolute Gasteiger partial charge is 0.357 e. The molecule has 2 aliphatic rings. The van der Waals surface area contributed by atoms with E-state index < -0.39 is 0 Å². The number of guanidine groups is 1. The van der Waals surface area contributed by atoms with Gasteiger partial charge in [0.1, 0.15) is 12.4 Å². The van der Waals surface area contributed by atoms with Crippen LogP contribution in [0.2, 0.25) is 0 Å². The number of nitrogens with one attached hydrogen (secondary N) is 1. The lowest BCUT2D eigenvalue weighted by Gasteiger charge is -2.44. The van der Waals surface area contributed by atoms with Gasteiger partial charge in [-0.15, -0.1) is 10.2 Å². The topological polar surface area (TPSA) is 58.3 Å². The highest BCUT2D eigenvalue weighted by atomic mass is 15.3. The lowest BCUT2D eigenvalue weighted by molar-refractivity contribution is 0.115. The fourth-order valence-electron chi connectivity index (χ4n) is 4.44. The highest BCUT2D eigenvalue weighted by Crippen LogP contribution is 2.42. The van der Waals surface area contributed by atoms with Crippen molar-refractivity contribution in [3.63, 3.8) is 0 Å². The summed E-state index contributed by atoms with van der Waals surface area (Å²) in [5, 5.41) is 11.9. The Bertz CT molecular complexity index is 583. The first-order valence-electron chi connectivity index (χ1n) is 10.0. The van der Waals surface area contributed by atoms with Crippen molar-refractivity contribution in [1.29, 1.82) is 0 Å². The predicted molar refractivity (Wildman–Crippen MR) is 101 cm³/mol. The first kappa shape index (κ1) is 18.2. The van der Waals surface area contributed by atoms with Crippen LogP contribution in [0.5, 0.6) is 0 Å². The standard InChI is InChI=1S/C19H34N6/c1-4-20-18(21-14-17-23-22-16(2)24(17)3)25-13-9-12-19(15-25)10-7-5-6-8-11-19/h4-15H2,1-3H3,(H,20,21). The highest BCUT2D eigenvalue weighted by Gasteiger charge is 2.36. The molecule has 1 spiro atoms. The van der Waals surface area contributed by atoms with E-state index in [1.54, 1.807) is 0 Å². The summed E-state index contributed by atoms with van der Waals surface area (Å²) in [6, 6.07) is 0. The number of nitrogens with zero attached hydrogens (tertiary/aromatic N) is 5. The molecule has 6 heteroatoms. The van der Waals surface area contributed by atoms with Crippen LogP contribution in [0.3, 0.4) is 0 Å².